The molecule has 2 rings (SSSR count). The van der Waals surface area contributed by atoms with E-state index < -0.39 is 11.7 Å². The summed E-state index contributed by atoms with van der Waals surface area (Å²) in [6.45, 7) is 2.36. The Balaban J connectivity index is 2.23. The zero-order chi connectivity index (χ0) is 13.2. The van der Waals surface area contributed by atoms with Crippen LogP contribution in [0.1, 0.15) is 31.7 Å². The van der Waals surface area contributed by atoms with E-state index in [-0.39, 0.29) is 11.9 Å². The molecule has 1 aromatic heterocycles. The molecule has 0 aromatic carbocycles. The first-order valence-electron chi connectivity index (χ1n) is 6.08. The van der Waals surface area contributed by atoms with Gasteiger partial charge < -0.3 is 10.6 Å². The highest BCUT2D eigenvalue weighted by molar-refractivity contribution is 5.50. The number of pyridine rings is 1. The van der Waals surface area contributed by atoms with Crippen LogP contribution in [0.15, 0.2) is 12.1 Å². The Morgan fingerprint density at radius 3 is 2.44 bits per heavy atom. The second kappa shape index (κ2) is 5.04. The summed E-state index contributed by atoms with van der Waals surface area (Å²) in [6, 6.07) is 2.37. The Morgan fingerprint density at radius 1 is 1.28 bits per heavy atom. The maximum atomic E-state index is 12.7. The third-order valence-electron chi connectivity index (χ3n) is 2.97. The molecule has 6 heteroatoms. The van der Waals surface area contributed by atoms with E-state index >= 15 is 0 Å². The molecule has 0 bridgehead atoms. The predicted molar refractivity (Wildman–Crippen MR) is 64.7 cm³/mol. The van der Waals surface area contributed by atoms with Crippen LogP contribution in [0.4, 0.5) is 24.8 Å². The minimum atomic E-state index is -4.34. The number of halogens is 3. The molecule has 0 saturated heterocycles. The summed E-state index contributed by atoms with van der Waals surface area (Å²) < 4.78 is 38.2. The number of hydrogen-bond acceptors (Lipinski definition) is 3. The van der Waals surface area contributed by atoms with Crippen LogP contribution in [0.2, 0.25) is 0 Å². The van der Waals surface area contributed by atoms with Crippen LogP contribution in [0.5, 0.6) is 0 Å². The van der Waals surface area contributed by atoms with Crippen molar-refractivity contribution in [3.05, 3.63) is 17.7 Å². The molecular weight excluding hydrogens is 243 g/mol. The summed E-state index contributed by atoms with van der Waals surface area (Å²) in [5.74, 6) is 0.555. The molecule has 1 aliphatic carbocycles. The quantitative estimate of drug-likeness (QED) is 0.869. The Hall–Kier alpha value is -1.46. The van der Waals surface area contributed by atoms with Gasteiger partial charge >= 0.3 is 6.18 Å². The van der Waals surface area contributed by atoms with Gasteiger partial charge in [0.15, 0.2) is 0 Å². The second-order valence-electron chi connectivity index (χ2n) is 4.43. The van der Waals surface area contributed by atoms with E-state index in [0.29, 0.717) is 12.4 Å². The van der Waals surface area contributed by atoms with Crippen molar-refractivity contribution in [1.82, 2.24) is 4.98 Å². The fourth-order valence-corrected chi connectivity index (χ4v) is 1.80. The monoisotopic (exact) mass is 259 g/mol. The summed E-state index contributed by atoms with van der Waals surface area (Å²) in [5, 5.41) is 5.86. The first-order chi connectivity index (χ1) is 8.49. The Labute approximate surface area is 104 Å². The van der Waals surface area contributed by atoms with Gasteiger partial charge in [-0.15, -0.1) is 0 Å². The van der Waals surface area contributed by atoms with Crippen molar-refractivity contribution in [3.8, 4) is 0 Å². The molecule has 0 spiro atoms. The molecule has 1 fully saturated rings. The van der Waals surface area contributed by atoms with Gasteiger partial charge in [-0.2, -0.15) is 13.2 Å². The minimum Gasteiger partial charge on any atom is -0.370 e. The fourth-order valence-electron chi connectivity index (χ4n) is 1.80. The van der Waals surface area contributed by atoms with Crippen molar-refractivity contribution in [2.24, 2.45) is 0 Å². The molecule has 1 aromatic rings. The molecule has 2 N–H and O–H groups in total. The second-order valence-corrected chi connectivity index (χ2v) is 4.43. The van der Waals surface area contributed by atoms with E-state index in [2.05, 4.69) is 15.6 Å². The van der Waals surface area contributed by atoms with Gasteiger partial charge in [-0.1, -0.05) is 0 Å². The molecule has 0 radical (unpaired) electrons. The van der Waals surface area contributed by atoms with Crippen LogP contribution in [-0.4, -0.2) is 17.6 Å². The number of rotatable bonds is 4. The lowest BCUT2D eigenvalue weighted by Crippen LogP contribution is -2.27. The molecule has 100 valence electrons. The van der Waals surface area contributed by atoms with Crippen LogP contribution in [-0.2, 0) is 6.18 Å². The summed E-state index contributed by atoms with van der Waals surface area (Å²) in [4.78, 5) is 4.14. The topological polar surface area (TPSA) is 37.0 Å². The highest BCUT2D eigenvalue weighted by Gasteiger charge is 2.32. The number of hydrogen-bond donors (Lipinski definition) is 2. The predicted octanol–water partition coefficient (Wildman–Crippen LogP) is 3.50. The summed E-state index contributed by atoms with van der Waals surface area (Å²) in [7, 11) is 0. The van der Waals surface area contributed by atoms with E-state index in [1.165, 1.54) is 0 Å². The average Bonchev–Trinajstić information content (AvgIpc) is 2.23. The van der Waals surface area contributed by atoms with E-state index in [4.69, 9.17) is 0 Å². The van der Waals surface area contributed by atoms with Gasteiger partial charge in [-0.05, 0) is 38.3 Å². The van der Waals surface area contributed by atoms with Gasteiger partial charge in [0.1, 0.15) is 11.6 Å². The molecule has 1 aliphatic rings. The van der Waals surface area contributed by atoms with Crippen molar-refractivity contribution >= 4 is 11.6 Å². The highest BCUT2D eigenvalue weighted by Crippen LogP contribution is 2.33. The lowest BCUT2D eigenvalue weighted by atomic mass is 9.93. The zero-order valence-corrected chi connectivity index (χ0v) is 10.1. The fraction of sp³-hybridized carbons (Fsp3) is 0.583. The lowest BCUT2D eigenvalue weighted by Gasteiger charge is -2.27. The zero-order valence-electron chi connectivity index (χ0n) is 10.1. The molecule has 0 amide bonds. The average molecular weight is 259 g/mol. The molecule has 1 heterocycles. The maximum absolute atomic E-state index is 12.7. The molecule has 18 heavy (non-hydrogen) atoms. The molecule has 3 nitrogen and oxygen atoms in total. The molecule has 0 aliphatic heterocycles. The van der Waals surface area contributed by atoms with E-state index in [1.54, 1.807) is 0 Å². The standard InChI is InChI=1S/C12H16F3N3/c1-2-16-10-6-8(12(13,14)15)7-11(18-10)17-9-4-3-5-9/h6-7,9H,2-5H2,1H3,(H2,16,17,18). The summed E-state index contributed by atoms with van der Waals surface area (Å²) in [5.41, 5.74) is -0.671. The van der Waals surface area contributed by atoms with Gasteiger partial charge in [0.25, 0.3) is 0 Å². The van der Waals surface area contributed by atoms with Gasteiger partial charge in [0, 0.05) is 12.6 Å². The number of nitrogens with one attached hydrogen (secondary N) is 2. The Kier molecular flexibility index (Phi) is 3.63. The number of alkyl halides is 3. The third kappa shape index (κ3) is 3.05. The van der Waals surface area contributed by atoms with Crippen molar-refractivity contribution in [2.75, 3.05) is 17.2 Å². The largest absolute Gasteiger partial charge is 0.416 e. The first-order valence-corrected chi connectivity index (χ1v) is 6.08. The minimum absolute atomic E-state index is 0.258. The van der Waals surface area contributed by atoms with E-state index in [9.17, 15) is 13.2 Å². The summed E-state index contributed by atoms with van der Waals surface area (Å²) >= 11 is 0. The molecular formula is C12H16F3N3. The van der Waals surface area contributed by atoms with Crippen LogP contribution >= 0.6 is 0 Å². The van der Waals surface area contributed by atoms with Crippen molar-refractivity contribution in [1.29, 1.82) is 0 Å². The Morgan fingerprint density at radius 2 is 1.94 bits per heavy atom. The lowest BCUT2D eigenvalue weighted by molar-refractivity contribution is -0.137. The van der Waals surface area contributed by atoms with Crippen molar-refractivity contribution in [3.63, 3.8) is 0 Å². The third-order valence-corrected chi connectivity index (χ3v) is 2.97. The molecule has 1 saturated carbocycles. The van der Waals surface area contributed by atoms with Crippen molar-refractivity contribution < 1.29 is 13.2 Å². The van der Waals surface area contributed by atoms with Gasteiger partial charge in [0.05, 0.1) is 5.56 Å². The SMILES string of the molecule is CCNc1cc(C(F)(F)F)cc(NC2CCC2)n1. The summed E-state index contributed by atoms with van der Waals surface area (Å²) in [6.07, 6.45) is -1.23. The molecule has 0 unspecified atom stereocenters. The first kappa shape index (κ1) is 13.0. The normalized spacial score (nSPS) is 16.2. The van der Waals surface area contributed by atoms with E-state index in [0.717, 1.165) is 31.4 Å². The highest BCUT2D eigenvalue weighted by atomic mass is 19.4. The Bertz CT molecular complexity index is 414. The molecule has 0 atom stereocenters. The number of anilines is 2. The van der Waals surface area contributed by atoms with Crippen LogP contribution in [0.3, 0.4) is 0 Å². The van der Waals surface area contributed by atoms with Gasteiger partial charge in [-0.3, -0.25) is 0 Å². The van der Waals surface area contributed by atoms with Crippen LogP contribution < -0.4 is 10.6 Å². The van der Waals surface area contributed by atoms with Crippen LogP contribution in [0, 0.1) is 0 Å². The number of aromatic nitrogens is 1. The number of nitrogens with zero attached hydrogens (tertiary/aromatic N) is 1. The van der Waals surface area contributed by atoms with Crippen molar-refractivity contribution in [2.45, 2.75) is 38.4 Å². The smallest absolute Gasteiger partial charge is 0.370 e. The van der Waals surface area contributed by atoms with Crippen LogP contribution in [0.25, 0.3) is 0 Å². The van der Waals surface area contributed by atoms with E-state index in [1.807, 2.05) is 6.92 Å². The van der Waals surface area contributed by atoms with Gasteiger partial charge in [-0.25, -0.2) is 4.98 Å². The maximum Gasteiger partial charge on any atom is 0.416 e. The van der Waals surface area contributed by atoms with Gasteiger partial charge in [0.2, 0.25) is 0 Å².